The van der Waals surface area contributed by atoms with Crippen molar-refractivity contribution >= 4 is 11.6 Å². The van der Waals surface area contributed by atoms with Crippen LogP contribution in [0.2, 0.25) is 0 Å². The third-order valence-electron chi connectivity index (χ3n) is 6.23. The fraction of sp³-hybridized carbons (Fsp3) is 0.882. The highest BCUT2D eigenvalue weighted by Crippen LogP contribution is 2.51. The first kappa shape index (κ1) is 15.4. The number of nitrogens with one attached hydrogen (secondary N) is 2. The normalized spacial score (nSPS) is 37.3. The maximum absolute atomic E-state index is 12.7. The molecule has 1 saturated carbocycles. The third-order valence-corrected chi connectivity index (χ3v) is 6.23. The van der Waals surface area contributed by atoms with E-state index in [2.05, 4.69) is 29.6 Å². The highest BCUT2D eigenvalue weighted by atomic mass is 16.7. The van der Waals surface area contributed by atoms with Crippen LogP contribution in [0.4, 0.5) is 0 Å². The molecule has 0 aromatic heterocycles. The molecular formula is C17H27N3O3. The molecule has 1 aliphatic carbocycles. The van der Waals surface area contributed by atoms with Gasteiger partial charge in [-0.05, 0) is 25.9 Å². The number of oxime groups is 1. The first-order valence-electron chi connectivity index (χ1n) is 8.90. The van der Waals surface area contributed by atoms with Crippen molar-refractivity contribution in [1.29, 1.82) is 0 Å². The molecule has 2 saturated heterocycles. The van der Waals surface area contributed by atoms with Gasteiger partial charge in [-0.25, -0.2) is 0 Å². The van der Waals surface area contributed by atoms with Gasteiger partial charge in [-0.3, -0.25) is 4.79 Å². The van der Waals surface area contributed by atoms with Gasteiger partial charge in [-0.2, -0.15) is 0 Å². The van der Waals surface area contributed by atoms with Crippen molar-refractivity contribution in [2.24, 2.45) is 16.5 Å². The molecule has 2 N–H and O–H groups in total. The molecule has 6 heteroatoms. The highest BCUT2D eigenvalue weighted by molar-refractivity contribution is 6.39. The predicted octanol–water partition coefficient (Wildman–Crippen LogP) is 1.20. The molecule has 3 fully saturated rings. The zero-order chi connectivity index (χ0) is 16.1. The molecule has 3 aliphatic heterocycles. The number of carbonyl (C=O) groups is 1. The Morgan fingerprint density at radius 1 is 1.35 bits per heavy atom. The van der Waals surface area contributed by atoms with E-state index < -0.39 is 0 Å². The Kier molecular flexibility index (Phi) is 3.65. The lowest BCUT2D eigenvalue weighted by Crippen LogP contribution is -2.70. The Balaban J connectivity index is 1.39. The van der Waals surface area contributed by atoms with Crippen molar-refractivity contribution in [3.63, 3.8) is 0 Å². The van der Waals surface area contributed by atoms with Gasteiger partial charge in [-0.15, -0.1) is 0 Å². The Bertz CT molecular complexity index is 525. The number of carbonyl (C=O) groups excluding carboxylic acids is 1. The Hall–Kier alpha value is -1.14. The van der Waals surface area contributed by atoms with E-state index >= 15 is 0 Å². The van der Waals surface area contributed by atoms with Gasteiger partial charge in [0.1, 0.15) is 11.3 Å². The van der Waals surface area contributed by atoms with E-state index in [0.717, 1.165) is 45.4 Å². The first-order valence-corrected chi connectivity index (χ1v) is 8.90. The van der Waals surface area contributed by atoms with Crippen LogP contribution in [-0.2, 0) is 14.4 Å². The van der Waals surface area contributed by atoms with Crippen molar-refractivity contribution in [3.8, 4) is 0 Å². The number of piperidine rings is 1. The number of hydrogen-bond acceptors (Lipinski definition) is 5. The average Bonchev–Trinajstić information content (AvgIpc) is 2.96. The molecule has 0 aromatic rings. The standard InChI is InChI=1S/C17H27N3O3/c1-16(2)13(11-4-3-9-22-14(11)16)19-15(21)12-10-17(23-20-12)5-7-18-8-6-17/h11,13-14,18H,3-10H2,1-2H3,(H,19,21). The first-order chi connectivity index (χ1) is 11.0. The predicted molar refractivity (Wildman–Crippen MR) is 86.1 cm³/mol. The summed E-state index contributed by atoms with van der Waals surface area (Å²) in [5.41, 5.74) is 0.305. The van der Waals surface area contributed by atoms with Crippen LogP contribution in [-0.4, -0.2) is 49.1 Å². The van der Waals surface area contributed by atoms with Crippen LogP contribution in [0.3, 0.4) is 0 Å². The summed E-state index contributed by atoms with van der Waals surface area (Å²) in [4.78, 5) is 18.3. The minimum Gasteiger partial charge on any atom is -0.388 e. The second-order valence-corrected chi connectivity index (χ2v) is 8.11. The van der Waals surface area contributed by atoms with Crippen LogP contribution in [0.15, 0.2) is 5.16 Å². The summed E-state index contributed by atoms with van der Waals surface area (Å²) in [6.45, 7) is 7.09. The van der Waals surface area contributed by atoms with E-state index in [1.165, 1.54) is 0 Å². The molecule has 0 radical (unpaired) electrons. The Morgan fingerprint density at radius 3 is 2.91 bits per heavy atom. The van der Waals surface area contributed by atoms with Gasteiger partial charge in [0.15, 0.2) is 0 Å². The molecule has 1 amide bonds. The number of ether oxygens (including phenoxy) is 1. The quantitative estimate of drug-likeness (QED) is 0.802. The van der Waals surface area contributed by atoms with E-state index in [-0.39, 0.29) is 29.1 Å². The summed E-state index contributed by atoms with van der Waals surface area (Å²) in [6, 6.07) is 0.174. The van der Waals surface area contributed by atoms with E-state index in [1.807, 2.05) is 0 Å². The van der Waals surface area contributed by atoms with Crippen molar-refractivity contribution in [1.82, 2.24) is 10.6 Å². The van der Waals surface area contributed by atoms with Gasteiger partial charge in [0.2, 0.25) is 0 Å². The smallest absolute Gasteiger partial charge is 0.269 e. The Labute approximate surface area is 137 Å². The van der Waals surface area contributed by atoms with Gasteiger partial charge < -0.3 is 20.2 Å². The van der Waals surface area contributed by atoms with Crippen molar-refractivity contribution in [2.75, 3.05) is 19.7 Å². The monoisotopic (exact) mass is 321 g/mol. The van der Waals surface area contributed by atoms with E-state index in [9.17, 15) is 4.79 Å². The minimum atomic E-state index is -0.246. The second kappa shape index (κ2) is 5.45. The number of amides is 1. The van der Waals surface area contributed by atoms with Crippen LogP contribution < -0.4 is 10.6 Å². The molecule has 1 spiro atoms. The molecular weight excluding hydrogens is 294 g/mol. The summed E-state index contributed by atoms with van der Waals surface area (Å²) < 4.78 is 5.91. The summed E-state index contributed by atoms with van der Waals surface area (Å²) in [7, 11) is 0. The maximum Gasteiger partial charge on any atom is 0.269 e. The number of rotatable bonds is 2. The van der Waals surface area contributed by atoms with E-state index in [4.69, 9.17) is 9.57 Å². The van der Waals surface area contributed by atoms with Crippen LogP contribution in [0, 0.1) is 11.3 Å². The molecule has 6 nitrogen and oxygen atoms in total. The molecule has 0 aromatic carbocycles. The van der Waals surface area contributed by atoms with Gasteiger partial charge in [0.25, 0.3) is 5.91 Å². The lowest BCUT2D eigenvalue weighted by atomic mass is 9.55. The summed E-state index contributed by atoms with van der Waals surface area (Å²) in [5.74, 6) is 0.390. The summed E-state index contributed by atoms with van der Waals surface area (Å²) in [5, 5.41) is 10.7. The lowest BCUT2D eigenvalue weighted by Gasteiger charge is -2.59. The molecule has 4 rings (SSSR count). The van der Waals surface area contributed by atoms with Crippen LogP contribution in [0.1, 0.15) is 46.0 Å². The SMILES string of the molecule is CC1(C)C(NC(=O)C2=NOC3(CCNCC3)C2)C2CCCOC21. The Morgan fingerprint density at radius 2 is 2.13 bits per heavy atom. The second-order valence-electron chi connectivity index (χ2n) is 8.11. The van der Waals surface area contributed by atoms with E-state index in [0.29, 0.717) is 18.1 Å². The molecule has 3 atom stereocenters. The molecule has 3 heterocycles. The van der Waals surface area contributed by atoms with Gasteiger partial charge in [-0.1, -0.05) is 19.0 Å². The fourth-order valence-corrected chi connectivity index (χ4v) is 4.83. The average molecular weight is 321 g/mol. The summed E-state index contributed by atoms with van der Waals surface area (Å²) >= 11 is 0. The lowest BCUT2D eigenvalue weighted by molar-refractivity contribution is -0.192. The summed E-state index contributed by atoms with van der Waals surface area (Å²) in [6.07, 6.45) is 4.97. The van der Waals surface area contributed by atoms with Crippen LogP contribution >= 0.6 is 0 Å². The maximum atomic E-state index is 12.7. The van der Waals surface area contributed by atoms with Crippen LogP contribution in [0.5, 0.6) is 0 Å². The van der Waals surface area contributed by atoms with Crippen molar-refractivity contribution in [2.45, 2.75) is 63.7 Å². The molecule has 128 valence electrons. The largest absolute Gasteiger partial charge is 0.388 e. The van der Waals surface area contributed by atoms with Crippen molar-refractivity contribution in [3.05, 3.63) is 0 Å². The van der Waals surface area contributed by atoms with Crippen LogP contribution in [0.25, 0.3) is 0 Å². The van der Waals surface area contributed by atoms with Gasteiger partial charge in [0.05, 0.1) is 6.10 Å². The number of fused-ring (bicyclic) bond motifs is 1. The van der Waals surface area contributed by atoms with E-state index in [1.54, 1.807) is 0 Å². The molecule has 4 aliphatic rings. The minimum absolute atomic E-state index is 0.00673. The molecule has 23 heavy (non-hydrogen) atoms. The topological polar surface area (TPSA) is 72.0 Å². The molecule has 0 bridgehead atoms. The third kappa shape index (κ3) is 2.47. The van der Waals surface area contributed by atoms with Crippen molar-refractivity contribution < 1.29 is 14.4 Å². The highest BCUT2D eigenvalue weighted by Gasteiger charge is 2.58. The number of nitrogens with zero attached hydrogens (tertiary/aromatic N) is 1. The van der Waals surface area contributed by atoms with Gasteiger partial charge in [0, 0.05) is 43.2 Å². The molecule has 3 unspecified atom stereocenters. The fourth-order valence-electron chi connectivity index (χ4n) is 4.83. The number of hydrogen-bond donors (Lipinski definition) is 2. The van der Waals surface area contributed by atoms with Gasteiger partial charge >= 0.3 is 0 Å². The zero-order valence-electron chi connectivity index (χ0n) is 14.1. The zero-order valence-corrected chi connectivity index (χ0v) is 14.1.